The molecule has 1 aliphatic heterocycles. The average molecular weight is 447 g/mol. The fraction of sp³-hybridized carbons (Fsp3) is 0.391. The average Bonchev–Trinajstić information content (AvgIpc) is 3.24. The van der Waals surface area contributed by atoms with Crippen molar-refractivity contribution < 1.29 is 23.8 Å². The number of likely N-dealkylation sites (tertiary alicyclic amines) is 1. The van der Waals surface area contributed by atoms with E-state index in [1.807, 2.05) is 18.2 Å². The van der Waals surface area contributed by atoms with Crippen molar-refractivity contribution in [3.8, 4) is 11.5 Å². The number of amides is 2. The molecule has 0 aromatic heterocycles. The summed E-state index contributed by atoms with van der Waals surface area (Å²) in [5, 5.41) is 3.47. The van der Waals surface area contributed by atoms with E-state index in [1.165, 1.54) is 0 Å². The first-order chi connectivity index (χ1) is 15.0. The summed E-state index contributed by atoms with van der Waals surface area (Å²) in [6.45, 7) is 1.50. The Balaban J connectivity index is 1.91. The summed E-state index contributed by atoms with van der Waals surface area (Å²) in [6, 6.07) is 12.3. The van der Waals surface area contributed by atoms with Gasteiger partial charge < -0.3 is 24.4 Å². The number of hydrogen-bond donors (Lipinski definition) is 1. The zero-order valence-corrected chi connectivity index (χ0v) is 18.6. The van der Waals surface area contributed by atoms with Crippen LogP contribution in [0.25, 0.3) is 0 Å². The number of hydrogen-bond acceptors (Lipinski definition) is 5. The van der Waals surface area contributed by atoms with E-state index in [4.69, 9.17) is 25.8 Å². The Morgan fingerprint density at radius 2 is 1.81 bits per heavy atom. The first kappa shape index (κ1) is 22.9. The Bertz CT molecular complexity index is 919. The number of nitrogens with one attached hydrogen (secondary N) is 1. The fourth-order valence-electron chi connectivity index (χ4n) is 3.94. The van der Waals surface area contributed by atoms with Crippen LogP contribution in [0.2, 0.25) is 5.02 Å². The van der Waals surface area contributed by atoms with Crippen molar-refractivity contribution in [3.63, 3.8) is 0 Å². The number of methoxy groups -OCH3 is 3. The number of nitrogens with zero attached hydrogens (tertiary/aromatic N) is 1. The Labute approximate surface area is 187 Å². The van der Waals surface area contributed by atoms with E-state index in [9.17, 15) is 9.59 Å². The van der Waals surface area contributed by atoms with Crippen LogP contribution >= 0.6 is 11.6 Å². The smallest absolute Gasteiger partial charge is 0.253 e. The SMILES string of the molecule is COCCNC(=O)C1CN(C(=O)c2ccc(Cl)cc2)CC1c1cccc(OC)c1OC. The molecule has 2 atom stereocenters. The van der Waals surface area contributed by atoms with E-state index in [0.717, 1.165) is 5.56 Å². The van der Waals surface area contributed by atoms with Crippen molar-refractivity contribution in [1.29, 1.82) is 0 Å². The third kappa shape index (κ3) is 5.11. The molecule has 1 aliphatic rings. The lowest BCUT2D eigenvalue weighted by atomic mass is 9.87. The van der Waals surface area contributed by atoms with E-state index in [1.54, 1.807) is 50.5 Å². The van der Waals surface area contributed by atoms with Gasteiger partial charge in [-0.15, -0.1) is 0 Å². The minimum absolute atomic E-state index is 0.127. The molecule has 3 rings (SSSR count). The highest BCUT2D eigenvalue weighted by atomic mass is 35.5. The third-order valence-electron chi connectivity index (χ3n) is 5.47. The molecule has 31 heavy (non-hydrogen) atoms. The van der Waals surface area contributed by atoms with E-state index in [0.29, 0.717) is 48.3 Å². The number of benzene rings is 2. The van der Waals surface area contributed by atoms with Gasteiger partial charge in [0.2, 0.25) is 5.91 Å². The van der Waals surface area contributed by atoms with Crippen LogP contribution in [0.15, 0.2) is 42.5 Å². The number of rotatable bonds is 8. The minimum atomic E-state index is -0.436. The Kier molecular flexibility index (Phi) is 7.76. The summed E-state index contributed by atoms with van der Waals surface area (Å²) in [5.41, 5.74) is 1.36. The van der Waals surface area contributed by atoms with Gasteiger partial charge in [-0.05, 0) is 30.3 Å². The highest BCUT2D eigenvalue weighted by molar-refractivity contribution is 6.30. The second kappa shape index (κ2) is 10.5. The van der Waals surface area contributed by atoms with Gasteiger partial charge in [-0.25, -0.2) is 0 Å². The van der Waals surface area contributed by atoms with E-state index >= 15 is 0 Å². The normalized spacial score (nSPS) is 18.0. The Morgan fingerprint density at radius 3 is 2.45 bits per heavy atom. The van der Waals surface area contributed by atoms with Gasteiger partial charge in [0.25, 0.3) is 5.91 Å². The Hall–Kier alpha value is -2.77. The van der Waals surface area contributed by atoms with Gasteiger partial charge in [0.1, 0.15) is 0 Å². The maximum absolute atomic E-state index is 13.1. The monoisotopic (exact) mass is 446 g/mol. The van der Waals surface area contributed by atoms with Crippen molar-refractivity contribution in [2.45, 2.75) is 5.92 Å². The van der Waals surface area contributed by atoms with E-state index in [2.05, 4.69) is 5.32 Å². The van der Waals surface area contributed by atoms with Crippen LogP contribution in [0.4, 0.5) is 0 Å². The van der Waals surface area contributed by atoms with Crippen molar-refractivity contribution in [2.75, 3.05) is 47.6 Å². The second-order valence-corrected chi connectivity index (χ2v) is 7.73. The number of halogens is 1. The van der Waals surface area contributed by atoms with Gasteiger partial charge in [-0.3, -0.25) is 9.59 Å². The molecule has 1 fully saturated rings. The number of ether oxygens (including phenoxy) is 3. The predicted octanol–water partition coefficient (Wildman–Crippen LogP) is 2.98. The van der Waals surface area contributed by atoms with Gasteiger partial charge in [0, 0.05) is 48.8 Å². The zero-order valence-electron chi connectivity index (χ0n) is 17.9. The van der Waals surface area contributed by atoms with Crippen LogP contribution in [0.3, 0.4) is 0 Å². The van der Waals surface area contributed by atoms with Crippen LogP contribution in [0.5, 0.6) is 11.5 Å². The molecule has 0 bridgehead atoms. The van der Waals surface area contributed by atoms with Crippen LogP contribution < -0.4 is 14.8 Å². The highest BCUT2D eigenvalue weighted by Crippen LogP contribution is 2.42. The van der Waals surface area contributed by atoms with Crippen molar-refractivity contribution in [3.05, 3.63) is 58.6 Å². The maximum Gasteiger partial charge on any atom is 0.253 e. The molecular formula is C23H27ClN2O5. The molecule has 0 radical (unpaired) electrons. The lowest BCUT2D eigenvalue weighted by Crippen LogP contribution is -2.37. The topological polar surface area (TPSA) is 77.1 Å². The largest absolute Gasteiger partial charge is 0.493 e. The van der Waals surface area contributed by atoms with E-state index < -0.39 is 5.92 Å². The molecular weight excluding hydrogens is 420 g/mol. The summed E-state index contributed by atoms with van der Waals surface area (Å²) in [5.74, 6) is 0.207. The maximum atomic E-state index is 13.1. The minimum Gasteiger partial charge on any atom is -0.493 e. The van der Waals surface area contributed by atoms with Gasteiger partial charge in [-0.1, -0.05) is 23.7 Å². The second-order valence-electron chi connectivity index (χ2n) is 7.30. The van der Waals surface area contributed by atoms with Gasteiger partial charge >= 0.3 is 0 Å². The summed E-state index contributed by atoms with van der Waals surface area (Å²) >= 11 is 5.95. The highest BCUT2D eigenvalue weighted by Gasteiger charge is 2.42. The molecule has 8 heteroatoms. The quantitative estimate of drug-likeness (QED) is 0.631. The molecule has 2 amide bonds. The van der Waals surface area contributed by atoms with Crippen LogP contribution in [-0.2, 0) is 9.53 Å². The first-order valence-corrected chi connectivity index (χ1v) is 10.4. The van der Waals surface area contributed by atoms with Crippen molar-refractivity contribution >= 4 is 23.4 Å². The number of carbonyl (C=O) groups excluding carboxylic acids is 2. The number of carbonyl (C=O) groups is 2. The summed E-state index contributed by atoms with van der Waals surface area (Å²) < 4.78 is 16.1. The third-order valence-corrected chi connectivity index (χ3v) is 5.73. The summed E-state index contributed by atoms with van der Waals surface area (Å²) in [6.07, 6.45) is 0. The molecule has 0 spiro atoms. The standard InChI is InChI=1S/C23H27ClN2O5/c1-29-12-11-25-22(27)19-14-26(23(28)15-7-9-16(24)10-8-15)13-18(19)17-5-4-6-20(30-2)21(17)31-3/h4-10,18-19H,11-14H2,1-3H3,(H,25,27). The molecule has 166 valence electrons. The van der Waals surface area contributed by atoms with Crippen molar-refractivity contribution in [1.82, 2.24) is 10.2 Å². The zero-order chi connectivity index (χ0) is 22.4. The number of para-hydroxylation sites is 1. The summed E-state index contributed by atoms with van der Waals surface area (Å²) in [4.78, 5) is 27.8. The van der Waals surface area contributed by atoms with Crippen LogP contribution in [0.1, 0.15) is 21.8 Å². The molecule has 0 saturated carbocycles. The fourth-order valence-corrected chi connectivity index (χ4v) is 4.06. The molecule has 2 aromatic carbocycles. The molecule has 1 saturated heterocycles. The van der Waals surface area contributed by atoms with Crippen molar-refractivity contribution in [2.24, 2.45) is 5.92 Å². The molecule has 1 heterocycles. The lowest BCUT2D eigenvalue weighted by molar-refractivity contribution is -0.125. The molecule has 1 N–H and O–H groups in total. The van der Waals surface area contributed by atoms with E-state index in [-0.39, 0.29) is 17.7 Å². The van der Waals surface area contributed by atoms with Crippen LogP contribution in [-0.4, -0.2) is 64.3 Å². The lowest BCUT2D eigenvalue weighted by Gasteiger charge is -2.21. The molecule has 7 nitrogen and oxygen atoms in total. The van der Waals surface area contributed by atoms with Gasteiger partial charge in [0.15, 0.2) is 11.5 Å². The summed E-state index contributed by atoms with van der Waals surface area (Å²) in [7, 11) is 4.72. The molecule has 2 unspecified atom stereocenters. The first-order valence-electron chi connectivity index (χ1n) is 10.0. The molecule has 2 aromatic rings. The Morgan fingerprint density at radius 1 is 1.06 bits per heavy atom. The van der Waals surface area contributed by atoms with Crippen LogP contribution in [0, 0.1) is 5.92 Å². The van der Waals surface area contributed by atoms with Gasteiger partial charge in [0.05, 0.1) is 26.7 Å². The predicted molar refractivity (Wildman–Crippen MR) is 118 cm³/mol. The molecule has 0 aliphatic carbocycles. The van der Waals surface area contributed by atoms with Gasteiger partial charge in [-0.2, -0.15) is 0 Å².